The van der Waals surface area contributed by atoms with Gasteiger partial charge in [-0.05, 0) is 33.6 Å². The third-order valence-corrected chi connectivity index (χ3v) is 4.93. The number of hydrogen-bond acceptors (Lipinski definition) is 3. The predicted molar refractivity (Wildman–Crippen MR) is 82.8 cm³/mol. The first-order valence-electron chi connectivity index (χ1n) is 8.02. The van der Waals surface area contributed by atoms with E-state index in [0.717, 1.165) is 12.8 Å². The van der Waals surface area contributed by atoms with Crippen molar-refractivity contribution in [3.05, 3.63) is 17.0 Å². The SMILES string of the molecule is Cc1nn(C(F)F)c(C)c1CC(=O)NC1(C)CCCCC1C(=O)O. The molecule has 1 amide bonds. The smallest absolute Gasteiger partial charge is 0.333 e. The summed E-state index contributed by atoms with van der Waals surface area (Å²) in [5.74, 6) is -1.93. The number of alkyl halides is 2. The second-order valence-electron chi connectivity index (χ2n) is 6.65. The molecular weight excluding hydrogens is 320 g/mol. The molecule has 2 rings (SSSR count). The van der Waals surface area contributed by atoms with E-state index in [1.165, 1.54) is 6.92 Å². The number of aromatic nitrogens is 2. The zero-order chi connectivity index (χ0) is 18.1. The van der Waals surface area contributed by atoms with Gasteiger partial charge in [-0.25, -0.2) is 4.68 Å². The molecule has 2 atom stereocenters. The van der Waals surface area contributed by atoms with Crippen molar-refractivity contribution in [1.82, 2.24) is 15.1 Å². The molecule has 1 aliphatic carbocycles. The Bertz CT molecular complexity index is 645. The van der Waals surface area contributed by atoms with Gasteiger partial charge in [-0.15, -0.1) is 0 Å². The molecule has 1 saturated carbocycles. The molecule has 1 fully saturated rings. The highest BCUT2D eigenvalue weighted by Gasteiger charge is 2.42. The molecule has 1 aromatic heterocycles. The minimum atomic E-state index is -2.76. The lowest BCUT2D eigenvalue weighted by Gasteiger charge is -2.39. The molecule has 1 heterocycles. The minimum Gasteiger partial charge on any atom is -0.481 e. The maximum atomic E-state index is 12.9. The third-order valence-electron chi connectivity index (χ3n) is 4.93. The Morgan fingerprint density at radius 1 is 1.42 bits per heavy atom. The van der Waals surface area contributed by atoms with Crippen LogP contribution in [0.3, 0.4) is 0 Å². The Morgan fingerprint density at radius 2 is 2.08 bits per heavy atom. The van der Waals surface area contributed by atoms with E-state index in [1.807, 2.05) is 0 Å². The number of hydrogen-bond donors (Lipinski definition) is 2. The Kier molecular flexibility index (Phi) is 5.25. The van der Waals surface area contributed by atoms with Crippen molar-refractivity contribution in [2.24, 2.45) is 5.92 Å². The van der Waals surface area contributed by atoms with Crippen LogP contribution in [0.1, 0.15) is 56.1 Å². The van der Waals surface area contributed by atoms with E-state index >= 15 is 0 Å². The van der Waals surface area contributed by atoms with Crippen molar-refractivity contribution >= 4 is 11.9 Å². The van der Waals surface area contributed by atoms with E-state index < -0.39 is 24.0 Å². The first kappa shape index (κ1) is 18.4. The van der Waals surface area contributed by atoms with Crippen LogP contribution in [-0.4, -0.2) is 32.3 Å². The van der Waals surface area contributed by atoms with E-state index in [1.54, 1.807) is 13.8 Å². The second-order valence-corrected chi connectivity index (χ2v) is 6.65. The van der Waals surface area contributed by atoms with Crippen LogP contribution in [0, 0.1) is 19.8 Å². The summed E-state index contributed by atoms with van der Waals surface area (Å²) in [5.41, 5.74) is 0.272. The summed E-state index contributed by atoms with van der Waals surface area (Å²) in [4.78, 5) is 23.9. The van der Waals surface area contributed by atoms with Gasteiger partial charge in [-0.2, -0.15) is 13.9 Å². The number of rotatable bonds is 5. The molecule has 8 heteroatoms. The first-order valence-corrected chi connectivity index (χ1v) is 8.02. The highest BCUT2D eigenvalue weighted by atomic mass is 19.3. The first-order chi connectivity index (χ1) is 11.2. The summed E-state index contributed by atoms with van der Waals surface area (Å²) in [6.07, 6.45) is 2.69. The largest absolute Gasteiger partial charge is 0.481 e. The monoisotopic (exact) mass is 343 g/mol. The zero-order valence-corrected chi connectivity index (χ0v) is 14.1. The molecule has 6 nitrogen and oxygen atoms in total. The van der Waals surface area contributed by atoms with Crippen LogP contribution in [0.25, 0.3) is 0 Å². The fraction of sp³-hybridized carbons (Fsp3) is 0.688. The number of nitrogens with zero attached hydrogens (tertiary/aromatic N) is 2. The van der Waals surface area contributed by atoms with Crippen molar-refractivity contribution in [3.8, 4) is 0 Å². The van der Waals surface area contributed by atoms with E-state index in [-0.39, 0.29) is 18.0 Å². The number of carboxylic acids is 1. The van der Waals surface area contributed by atoms with Crippen LogP contribution in [-0.2, 0) is 16.0 Å². The van der Waals surface area contributed by atoms with Crippen LogP contribution in [0.2, 0.25) is 0 Å². The number of amides is 1. The fourth-order valence-corrected chi connectivity index (χ4v) is 3.55. The fourth-order valence-electron chi connectivity index (χ4n) is 3.55. The van der Waals surface area contributed by atoms with Crippen LogP contribution >= 0.6 is 0 Å². The molecule has 0 saturated heterocycles. The molecule has 0 radical (unpaired) electrons. The van der Waals surface area contributed by atoms with Crippen molar-refractivity contribution in [3.63, 3.8) is 0 Å². The van der Waals surface area contributed by atoms with Gasteiger partial charge in [0.1, 0.15) is 0 Å². The number of carbonyl (C=O) groups is 2. The normalized spacial score (nSPS) is 24.2. The predicted octanol–water partition coefficient (Wildman–Crippen LogP) is 2.59. The van der Waals surface area contributed by atoms with Crippen LogP contribution in [0.4, 0.5) is 8.78 Å². The number of aryl methyl sites for hydroxylation is 1. The van der Waals surface area contributed by atoms with Gasteiger partial charge in [0, 0.05) is 11.3 Å². The average Bonchev–Trinajstić information content (AvgIpc) is 2.75. The lowest BCUT2D eigenvalue weighted by Crippen LogP contribution is -2.55. The summed E-state index contributed by atoms with van der Waals surface area (Å²) in [6, 6.07) is 0. The molecule has 24 heavy (non-hydrogen) atoms. The third kappa shape index (κ3) is 3.57. The number of halogens is 2. The number of carboxylic acid groups (broad SMARTS) is 1. The maximum absolute atomic E-state index is 12.9. The van der Waals surface area contributed by atoms with E-state index in [9.17, 15) is 23.5 Å². The number of carbonyl (C=O) groups excluding carboxylic acids is 1. The van der Waals surface area contributed by atoms with Gasteiger partial charge in [-0.3, -0.25) is 9.59 Å². The van der Waals surface area contributed by atoms with E-state index in [0.29, 0.717) is 28.8 Å². The molecular formula is C16H23F2N3O3. The van der Waals surface area contributed by atoms with Gasteiger partial charge in [-0.1, -0.05) is 12.8 Å². The van der Waals surface area contributed by atoms with Gasteiger partial charge in [0.2, 0.25) is 5.91 Å². The summed E-state index contributed by atoms with van der Waals surface area (Å²) >= 11 is 0. The van der Waals surface area contributed by atoms with Crippen molar-refractivity contribution < 1.29 is 23.5 Å². The second kappa shape index (κ2) is 6.86. The van der Waals surface area contributed by atoms with Gasteiger partial charge in [0.05, 0.1) is 23.6 Å². The van der Waals surface area contributed by atoms with Gasteiger partial charge in [0.15, 0.2) is 0 Å². The summed E-state index contributed by atoms with van der Waals surface area (Å²) in [5, 5.41) is 16.0. The zero-order valence-electron chi connectivity index (χ0n) is 14.1. The highest BCUT2D eigenvalue weighted by Crippen LogP contribution is 2.34. The topological polar surface area (TPSA) is 84.2 Å². The average molecular weight is 343 g/mol. The highest BCUT2D eigenvalue weighted by molar-refractivity contribution is 5.81. The van der Waals surface area contributed by atoms with Crippen LogP contribution in [0.5, 0.6) is 0 Å². The van der Waals surface area contributed by atoms with Crippen molar-refractivity contribution in [2.75, 3.05) is 0 Å². The molecule has 2 unspecified atom stereocenters. The summed E-state index contributed by atoms with van der Waals surface area (Å²) < 4.78 is 26.3. The molecule has 0 aliphatic heterocycles. The van der Waals surface area contributed by atoms with Gasteiger partial charge < -0.3 is 10.4 Å². The lowest BCUT2D eigenvalue weighted by molar-refractivity contribution is -0.146. The van der Waals surface area contributed by atoms with E-state index in [2.05, 4.69) is 10.4 Å². The molecule has 1 aliphatic rings. The quantitative estimate of drug-likeness (QED) is 0.861. The summed E-state index contributed by atoms with van der Waals surface area (Å²) in [6.45, 7) is 2.06. The standard InChI is InChI=1S/C16H23F2N3O3/c1-9-11(10(2)21(20-9)15(17)18)8-13(22)19-16(3)7-5-4-6-12(16)14(23)24/h12,15H,4-8H2,1-3H3,(H,19,22)(H,23,24). The Labute approximate surface area is 139 Å². The molecule has 134 valence electrons. The van der Waals surface area contributed by atoms with Crippen LogP contribution < -0.4 is 5.32 Å². The van der Waals surface area contributed by atoms with Gasteiger partial charge >= 0.3 is 12.5 Å². The Hall–Kier alpha value is -1.99. The Morgan fingerprint density at radius 3 is 2.62 bits per heavy atom. The van der Waals surface area contributed by atoms with E-state index in [4.69, 9.17) is 0 Å². The lowest BCUT2D eigenvalue weighted by atomic mass is 9.74. The Balaban J connectivity index is 2.14. The van der Waals surface area contributed by atoms with Gasteiger partial charge in [0.25, 0.3) is 0 Å². The van der Waals surface area contributed by atoms with Crippen LogP contribution in [0.15, 0.2) is 0 Å². The maximum Gasteiger partial charge on any atom is 0.333 e. The molecule has 0 aromatic carbocycles. The number of aliphatic carboxylic acids is 1. The van der Waals surface area contributed by atoms with Crippen molar-refractivity contribution in [1.29, 1.82) is 0 Å². The summed E-state index contributed by atoms with van der Waals surface area (Å²) in [7, 11) is 0. The number of nitrogens with one attached hydrogen (secondary N) is 1. The molecule has 2 N–H and O–H groups in total. The molecule has 1 aromatic rings. The molecule has 0 spiro atoms. The minimum absolute atomic E-state index is 0.0910. The van der Waals surface area contributed by atoms with Crippen molar-refractivity contribution in [2.45, 2.75) is 65.0 Å². The molecule has 0 bridgehead atoms.